The second kappa shape index (κ2) is 10.2. The van der Waals surface area contributed by atoms with E-state index in [1.54, 1.807) is 7.11 Å². The highest BCUT2D eigenvalue weighted by Crippen LogP contribution is 2.31. The molecule has 3 aromatic rings. The summed E-state index contributed by atoms with van der Waals surface area (Å²) in [7, 11) is 1.68. The fraction of sp³-hybridized carbons (Fsp3) is 0.407. The molecule has 6 nitrogen and oxygen atoms in total. The second-order valence-electron chi connectivity index (χ2n) is 8.95. The Balaban J connectivity index is 1.50. The Kier molecular flexibility index (Phi) is 7.14. The van der Waals surface area contributed by atoms with E-state index in [0.29, 0.717) is 6.54 Å². The van der Waals surface area contributed by atoms with E-state index >= 15 is 0 Å². The maximum atomic E-state index is 13.2. The van der Waals surface area contributed by atoms with Crippen molar-refractivity contribution in [3.05, 3.63) is 71.0 Å². The lowest BCUT2D eigenvalue weighted by Crippen LogP contribution is -2.36. The number of anilines is 1. The molecule has 0 radical (unpaired) electrons. The first kappa shape index (κ1) is 23.1. The van der Waals surface area contributed by atoms with Crippen LogP contribution in [-0.4, -0.2) is 40.8 Å². The Morgan fingerprint density at radius 3 is 2.45 bits per heavy atom. The number of aromatic nitrogens is 2. The lowest BCUT2D eigenvalue weighted by Gasteiger charge is -2.29. The number of amides is 1. The van der Waals surface area contributed by atoms with E-state index in [4.69, 9.17) is 4.74 Å². The van der Waals surface area contributed by atoms with E-state index in [0.717, 1.165) is 47.9 Å². The highest BCUT2D eigenvalue weighted by Gasteiger charge is 2.25. The van der Waals surface area contributed by atoms with Gasteiger partial charge in [0.1, 0.15) is 5.75 Å². The summed E-state index contributed by atoms with van der Waals surface area (Å²) in [5, 5.41) is 7.83. The Morgan fingerprint density at radius 1 is 1.03 bits per heavy atom. The SMILES string of the molecule is COc1ccc(C2CCCCCN2CC(=O)Nc2c(C)nn(-c3ccc(C)cc3)c2C)cc1. The monoisotopic (exact) mass is 446 g/mol. The molecule has 1 saturated heterocycles. The van der Waals surface area contributed by atoms with Gasteiger partial charge in [0, 0.05) is 6.04 Å². The van der Waals surface area contributed by atoms with Gasteiger partial charge in [-0.3, -0.25) is 9.69 Å². The van der Waals surface area contributed by atoms with Crippen LogP contribution < -0.4 is 10.1 Å². The number of hydrogen-bond donors (Lipinski definition) is 1. The number of carbonyl (C=O) groups is 1. The smallest absolute Gasteiger partial charge is 0.238 e. The third kappa shape index (κ3) is 5.28. The van der Waals surface area contributed by atoms with Gasteiger partial charge in [0.15, 0.2) is 0 Å². The average molecular weight is 447 g/mol. The summed E-state index contributed by atoms with van der Waals surface area (Å²) in [6.07, 6.45) is 4.55. The lowest BCUT2D eigenvalue weighted by molar-refractivity contribution is -0.117. The minimum absolute atomic E-state index is 0.00469. The molecule has 0 saturated carbocycles. The number of ether oxygens (including phenoxy) is 1. The Bertz CT molecular complexity index is 1090. The van der Waals surface area contributed by atoms with Gasteiger partial charge in [-0.2, -0.15) is 5.10 Å². The van der Waals surface area contributed by atoms with Gasteiger partial charge in [-0.1, -0.05) is 42.7 Å². The zero-order chi connectivity index (χ0) is 23.4. The van der Waals surface area contributed by atoms with Gasteiger partial charge >= 0.3 is 0 Å². The van der Waals surface area contributed by atoms with E-state index in [9.17, 15) is 4.79 Å². The number of rotatable bonds is 6. The molecule has 6 heteroatoms. The van der Waals surface area contributed by atoms with Gasteiger partial charge in [-0.25, -0.2) is 4.68 Å². The average Bonchev–Trinajstić information content (AvgIpc) is 2.97. The molecule has 1 aliphatic heterocycles. The van der Waals surface area contributed by atoms with Crippen LogP contribution in [0.4, 0.5) is 5.69 Å². The van der Waals surface area contributed by atoms with E-state index in [1.807, 2.05) is 30.7 Å². The topological polar surface area (TPSA) is 59.4 Å². The molecule has 1 unspecified atom stereocenters. The zero-order valence-electron chi connectivity index (χ0n) is 20.1. The third-order valence-corrected chi connectivity index (χ3v) is 6.55. The molecule has 0 bridgehead atoms. The summed E-state index contributed by atoms with van der Waals surface area (Å²) in [4.78, 5) is 15.5. The molecule has 0 aliphatic carbocycles. The zero-order valence-corrected chi connectivity index (χ0v) is 20.1. The maximum Gasteiger partial charge on any atom is 0.238 e. The number of aryl methyl sites for hydroxylation is 2. The van der Waals surface area contributed by atoms with Crippen molar-refractivity contribution in [3.8, 4) is 11.4 Å². The number of nitrogens with one attached hydrogen (secondary N) is 1. The quantitative estimate of drug-likeness (QED) is 0.554. The highest BCUT2D eigenvalue weighted by molar-refractivity contribution is 5.93. The number of likely N-dealkylation sites (tertiary alicyclic amines) is 1. The molecular formula is C27H34N4O2. The molecule has 1 N–H and O–H groups in total. The molecule has 1 amide bonds. The normalized spacial score (nSPS) is 16.9. The third-order valence-electron chi connectivity index (χ3n) is 6.55. The summed E-state index contributed by atoms with van der Waals surface area (Å²) in [6.45, 7) is 7.30. The fourth-order valence-electron chi connectivity index (χ4n) is 4.68. The molecule has 174 valence electrons. The van der Waals surface area contributed by atoms with Crippen LogP contribution in [0.2, 0.25) is 0 Å². The van der Waals surface area contributed by atoms with Crippen molar-refractivity contribution in [1.82, 2.24) is 14.7 Å². The second-order valence-corrected chi connectivity index (χ2v) is 8.95. The van der Waals surface area contributed by atoms with Crippen LogP contribution in [0.15, 0.2) is 48.5 Å². The molecule has 1 fully saturated rings. The molecule has 1 aromatic heterocycles. The highest BCUT2D eigenvalue weighted by atomic mass is 16.5. The minimum atomic E-state index is 0.00469. The molecule has 33 heavy (non-hydrogen) atoms. The first-order valence-electron chi connectivity index (χ1n) is 11.8. The van der Waals surface area contributed by atoms with Crippen molar-refractivity contribution in [1.29, 1.82) is 0 Å². The number of methoxy groups -OCH3 is 1. The summed E-state index contributed by atoms with van der Waals surface area (Å²) in [6, 6.07) is 16.7. The summed E-state index contributed by atoms with van der Waals surface area (Å²) in [5.41, 5.74) is 6.00. The predicted octanol–water partition coefficient (Wildman–Crippen LogP) is 5.36. The van der Waals surface area contributed by atoms with Crippen LogP contribution in [0.3, 0.4) is 0 Å². The number of nitrogens with zero attached hydrogens (tertiary/aromatic N) is 3. The van der Waals surface area contributed by atoms with Crippen LogP contribution in [0.1, 0.15) is 54.2 Å². The van der Waals surface area contributed by atoms with Crippen LogP contribution in [-0.2, 0) is 4.79 Å². The molecule has 2 aromatic carbocycles. The van der Waals surface area contributed by atoms with Crippen molar-refractivity contribution in [2.45, 2.75) is 52.5 Å². The van der Waals surface area contributed by atoms with E-state index < -0.39 is 0 Å². The van der Waals surface area contributed by atoms with Gasteiger partial charge in [-0.05, 0) is 70.0 Å². The molecule has 1 atom stereocenters. The molecule has 2 heterocycles. The molecule has 4 rings (SSSR count). The molecule has 0 spiro atoms. The fourth-order valence-corrected chi connectivity index (χ4v) is 4.68. The Hall–Kier alpha value is -3.12. The minimum Gasteiger partial charge on any atom is -0.497 e. The maximum absolute atomic E-state index is 13.2. The first-order chi connectivity index (χ1) is 16.0. The Morgan fingerprint density at radius 2 is 1.76 bits per heavy atom. The van der Waals surface area contributed by atoms with Crippen molar-refractivity contribution in [3.63, 3.8) is 0 Å². The van der Waals surface area contributed by atoms with Gasteiger partial charge in [0.2, 0.25) is 5.91 Å². The standard InChI is InChI=1S/C27H34N4O2/c1-19-9-13-23(14-10-19)31-21(3)27(20(2)29-31)28-26(32)18-30-17-7-5-6-8-25(30)22-11-15-24(33-4)16-12-22/h9-16,25H,5-8,17-18H2,1-4H3,(H,28,32). The van der Waals surface area contributed by atoms with Crippen LogP contribution >= 0.6 is 0 Å². The van der Waals surface area contributed by atoms with Crippen molar-refractivity contribution in [2.24, 2.45) is 0 Å². The van der Waals surface area contributed by atoms with E-state index in [2.05, 4.69) is 58.6 Å². The largest absolute Gasteiger partial charge is 0.497 e. The van der Waals surface area contributed by atoms with E-state index in [1.165, 1.54) is 24.0 Å². The Labute approximate surface area is 196 Å². The van der Waals surface area contributed by atoms with Crippen LogP contribution in [0.5, 0.6) is 5.75 Å². The van der Waals surface area contributed by atoms with Gasteiger partial charge in [0.25, 0.3) is 0 Å². The van der Waals surface area contributed by atoms with Gasteiger partial charge in [-0.15, -0.1) is 0 Å². The van der Waals surface area contributed by atoms with Gasteiger partial charge < -0.3 is 10.1 Å². The number of benzene rings is 2. The van der Waals surface area contributed by atoms with Crippen LogP contribution in [0.25, 0.3) is 5.69 Å². The van der Waals surface area contributed by atoms with Crippen molar-refractivity contribution in [2.75, 3.05) is 25.5 Å². The van der Waals surface area contributed by atoms with E-state index in [-0.39, 0.29) is 11.9 Å². The van der Waals surface area contributed by atoms with Gasteiger partial charge in [0.05, 0.1) is 36.4 Å². The van der Waals surface area contributed by atoms with Crippen molar-refractivity contribution < 1.29 is 9.53 Å². The number of hydrogen-bond acceptors (Lipinski definition) is 4. The molecular weight excluding hydrogens is 412 g/mol. The lowest BCUT2D eigenvalue weighted by atomic mass is 10.0. The summed E-state index contributed by atoms with van der Waals surface area (Å²) >= 11 is 0. The van der Waals surface area contributed by atoms with Crippen LogP contribution in [0, 0.1) is 20.8 Å². The first-order valence-corrected chi connectivity index (χ1v) is 11.8. The summed E-state index contributed by atoms with van der Waals surface area (Å²) in [5.74, 6) is 0.860. The van der Waals surface area contributed by atoms with Crippen molar-refractivity contribution >= 4 is 11.6 Å². The summed E-state index contributed by atoms with van der Waals surface area (Å²) < 4.78 is 7.21. The number of carbonyl (C=O) groups excluding carboxylic acids is 1. The predicted molar refractivity (Wildman–Crippen MR) is 132 cm³/mol. The molecule has 1 aliphatic rings.